The third-order valence-electron chi connectivity index (χ3n) is 7.95. The minimum absolute atomic E-state index is 0. The maximum absolute atomic E-state index is 10.3. The molecule has 3 aliphatic rings. The molecule has 3 heterocycles. The number of piperidine rings is 3. The van der Waals surface area contributed by atoms with Gasteiger partial charge in [0.1, 0.15) is 5.75 Å². The second kappa shape index (κ2) is 13.9. The SMILES string of the molecule is COc1ccc(SC)cc1CN[C@@H]1[C@@H]2CCN([C@@H](CO)C2)[C@@H]1C(c1ccccc1)c1ccccc1.Cl.Cl. The number of methoxy groups -OCH3 is 1. The molecule has 3 aromatic carbocycles. The van der Waals surface area contributed by atoms with Crippen LogP contribution in [0.1, 0.15) is 35.4 Å². The molecule has 1 unspecified atom stereocenters. The van der Waals surface area contributed by atoms with Crippen molar-refractivity contribution in [2.24, 2.45) is 5.92 Å². The summed E-state index contributed by atoms with van der Waals surface area (Å²) in [5, 5.41) is 14.3. The summed E-state index contributed by atoms with van der Waals surface area (Å²) in [6, 6.07) is 29.1. The number of halogens is 2. The van der Waals surface area contributed by atoms with E-state index >= 15 is 0 Å². The van der Waals surface area contributed by atoms with Gasteiger partial charge in [0.2, 0.25) is 0 Å². The van der Waals surface area contributed by atoms with Gasteiger partial charge in [-0.05, 0) is 60.9 Å². The molecule has 0 amide bonds. The zero-order valence-corrected chi connectivity index (χ0v) is 23.9. The molecule has 2 bridgehead atoms. The highest BCUT2D eigenvalue weighted by molar-refractivity contribution is 7.98. The first-order chi connectivity index (χ1) is 17.2. The Labute approximate surface area is 238 Å². The van der Waals surface area contributed by atoms with Crippen molar-refractivity contribution in [1.82, 2.24) is 10.2 Å². The molecule has 5 atom stereocenters. The number of rotatable bonds is 9. The summed E-state index contributed by atoms with van der Waals surface area (Å²) in [6.45, 7) is 2.03. The summed E-state index contributed by atoms with van der Waals surface area (Å²) in [6.07, 6.45) is 4.33. The fourth-order valence-electron chi connectivity index (χ4n) is 6.33. The predicted molar refractivity (Wildman–Crippen MR) is 159 cm³/mol. The van der Waals surface area contributed by atoms with Gasteiger partial charge in [0.15, 0.2) is 0 Å². The number of hydrogen-bond donors (Lipinski definition) is 2. The Balaban J connectivity index is 0.00000190. The van der Waals surface area contributed by atoms with Gasteiger partial charge in [-0.2, -0.15) is 0 Å². The second-order valence-electron chi connectivity index (χ2n) is 9.73. The molecule has 200 valence electrons. The van der Waals surface area contributed by atoms with Crippen molar-refractivity contribution in [3.63, 3.8) is 0 Å². The highest BCUT2D eigenvalue weighted by Crippen LogP contribution is 2.44. The summed E-state index contributed by atoms with van der Waals surface area (Å²) in [4.78, 5) is 3.84. The fraction of sp³-hybridized carbons (Fsp3) is 0.400. The largest absolute Gasteiger partial charge is 0.496 e. The molecule has 3 saturated heterocycles. The first-order valence-electron chi connectivity index (χ1n) is 12.6. The lowest BCUT2D eigenvalue weighted by Crippen LogP contribution is -2.68. The van der Waals surface area contributed by atoms with Crippen LogP contribution in [0.2, 0.25) is 0 Å². The van der Waals surface area contributed by atoms with Crippen LogP contribution in [0.3, 0.4) is 0 Å². The van der Waals surface area contributed by atoms with Crippen molar-refractivity contribution in [3.05, 3.63) is 95.6 Å². The number of ether oxygens (including phenoxy) is 1. The van der Waals surface area contributed by atoms with Crippen LogP contribution < -0.4 is 10.1 Å². The van der Waals surface area contributed by atoms with Crippen LogP contribution in [-0.2, 0) is 6.54 Å². The van der Waals surface area contributed by atoms with Crippen molar-refractivity contribution in [2.75, 3.05) is 26.5 Å². The van der Waals surface area contributed by atoms with E-state index in [1.54, 1.807) is 18.9 Å². The van der Waals surface area contributed by atoms with Crippen molar-refractivity contribution in [1.29, 1.82) is 0 Å². The van der Waals surface area contributed by atoms with Gasteiger partial charge in [-0.15, -0.1) is 36.6 Å². The van der Waals surface area contributed by atoms with E-state index in [0.717, 1.165) is 25.3 Å². The zero-order chi connectivity index (χ0) is 24.2. The van der Waals surface area contributed by atoms with Gasteiger partial charge in [-0.3, -0.25) is 4.90 Å². The third-order valence-corrected chi connectivity index (χ3v) is 8.67. The van der Waals surface area contributed by atoms with E-state index < -0.39 is 0 Å². The Morgan fingerprint density at radius 1 is 1.00 bits per heavy atom. The summed E-state index contributed by atoms with van der Waals surface area (Å²) >= 11 is 1.76. The number of aliphatic hydroxyl groups is 1. The predicted octanol–water partition coefficient (Wildman–Crippen LogP) is 6.01. The van der Waals surface area contributed by atoms with Crippen LogP contribution in [0.5, 0.6) is 5.75 Å². The van der Waals surface area contributed by atoms with Crippen molar-refractivity contribution < 1.29 is 9.84 Å². The Kier molecular flexibility index (Phi) is 11.2. The summed E-state index contributed by atoms with van der Waals surface area (Å²) in [5.41, 5.74) is 3.87. The van der Waals surface area contributed by atoms with Gasteiger partial charge < -0.3 is 15.2 Å². The van der Waals surface area contributed by atoms with Crippen LogP contribution in [0.15, 0.2) is 83.8 Å². The number of fused-ring (bicyclic) bond motifs is 3. The molecule has 4 nitrogen and oxygen atoms in total. The smallest absolute Gasteiger partial charge is 0.123 e. The number of aliphatic hydroxyl groups excluding tert-OH is 1. The molecule has 0 radical (unpaired) electrons. The number of thioether (sulfide) groups is 1. The minimum Gasteiger partial charge on any atom is -0.496 e. The van der Waals surface area contributed by atoms with Gasteiger partial charge >= 0.3 is 0 Å². The van der Waals surface area contributed by atoms with Crippen molar-refractivity contribution in [2.45, 2.75) is 48.3 Å². The summed E-state index contributed by atoms with van der Waals surface area (Å²) in [7, 11) is 1.75. The van der Waals surface area contributed by atoms with E-state index in [-0.39, 0.29) is 49.4 Å². The third kappa shape index (κ3) is 6.30. The molecule has 3 aliphatic heterocycles. The van der Waals surface area contributed by atoms with Gasteiger partial charge in [-0.1, -0.05) is 60.7 Å². The van der Waals surface area contributed by atoms with Gasteiger partial charge in [0.25, 0.3) is 0 Å². The molecule has 2 N–H and O–H groups in total. The number of hydrogen-bond acceptors (Lipinski definition) is 5. The quantitative estimate of drug-likeness (QED) is 0.314. The first kappa shape index (κ1) is 29.8. The average Bonchev–Trinajstić information content (AvgIpc) is 2.93. The average molecular weight is 562 g/mol. The molecule has 0 aromatic heterocycles. The monoisotopic (exact) mass is 560 g/mol. The van der Waals surface area contributed by atoms with Crippen LogP contribution >= 0.6 is 36.6 Å². The lowest BCUT2D eigenvalue weighted by molar-refractivity contribution is -0.0564. The summed E-state index contributed by atoms with van der Waals surface area (Å²) < 4.78 is 5.70. The van der Waals surface area contributed by atoms with E-state index in [1.807, 2.05) is 0 Å². The topological polar surface area (TPSA) is 44.7 Å². The Morgan fingerprint density at radius 2 is 1.65 bits per heavy atom. The molecule has 3 fully saturated rings. The van der Waals surface area contributed by atoms with Gasteiger partial charge in [-0.25, -0.2) is 0 Å². The van der Waals surface area contributed by atoms with Gasteiger partial charge in [0.05, 0.1) is 13.7 Å². The molecule has 6 rings (SSSR count). The molecule has 0 saturated carbocycles. The number of nitrogens with one attached hydrogen (secondary N) is 1. The standard InChI is InChI=1S/C30H36N2O2S.2ClH/c1-34-27-14-13-26(35-2)18-24(27)19-31-29-23-15-16-32(25(17-23)20-33)30(29)28(21-9-5-3-6-10-21)22-11-7-4-8-12-22;;/h3-14,18,23,25,28-31,33H,15-17,19-20H2,1-2H3;2*1H/t23-,25-,29-,30-;;/m1../s1. The van der Waals surface area contributed by atoms with E-state index in [2.05, 4.69) is 95.3 Å². The normalized spacial score (nSPS) is 24.3. The van der Waals surface area contributed by atoms with Crippen LogP contribution in [0.4, 0.5) is 0 Å². The van der Waals surface area contributed by atoms with E-state index in [0.29, 0.717) is 12.0 Å². The van der Waals surface area contributed by atoms with E-state index in [4.69, 9.17) is 4.74 Å². The highest BCUT2D eigenvalue weighted by atomic mass is 35.5. The van der Waals surface area contributed by atoms with Crippen LogP contribution in [-0.4, -0.2) is 54.6 Å². The molecular weight excluding hydrogens is 523 g/mol. The molecule has 37 heavy (non-hydrogen) atoms. The van der Waals surface area contributed by atoms with E-state index in [1.165, 1.54) is 28.0 Å². The molecule has 7 heteroatoms. The van der Waals surface area contributed by atoms with Crippen molar-refractivity contribution in [3.8, 4) is 5.75 Å². The molecule has 3 aromatic rings. The first-order valence-corrected chi connectivity index (χ1v) is 13.9. The van der Waals surface area contributed by atoms with Crippen LogP contribution in [0, 0.1) is 5.92 Å². The number of nitrogens with zero attached hydrogens (tertiary/aromatic N) is 1. The molecule has 0 aliphatic carbocycles. The maximum atomic E-state index is 10.3. The molecule has 0 spiro atoms. The highest BCUT2D eigenvalue weighted by Gasteiger charge is 2.49. The second-order valence-corrected chi connectivity index (χ2v) is 10.6. The lowest BCUT2D eigenvalue weighted by atomic mass is 9.68. The van der Waals surface area contributed by atoms with E-state index in [9.17, 15) is 5.11 Å². The van der Waals surface area contributed by atoms with Gasteiger partial charge in [0, 0.05) is 41.0 Å². The molecular formula is C30H38Cl2N2O2S. The zero-order valence-electron chi connectivity index (χ0n) is 21.5. The minimum atomic E-state index is 0. The van der Waals surface area contributed by atoms with Crippen molar-refractivity contribution >= 4 is 36.6 Å². The Bertz CT molecular complexity index is 1070. The maximum Gasteiger partial charge on any atom is 0.123 e. The summed E-state index contributed by atoms with van der Waals surface area (Å²) in [5.74, 6) is 1.70. The Hall–Kier alpha value is -1.73. The fourth-order valence-corrected chi connectivity index (χ4v) is 6.79. The lowest BCUT2D eigenvalue weighted by Gasteiger charge is -2.57. The Morgan fingerprint density at radius 3 is 2.22 bits per heavy atom. The number of benzene rings is 3. The van der Waals surface area contributed by atoms with Crippen LogP contribution in [0.25, 0.3) is 0 Å².